The van der Waals surface area contributed by atoms with Gasteiger partial charge in [-0.1, -0.05) is 7.43 Å². The minimum Gasteiger partial charge on any atom is -0.512 e. The minimum absolute atomic E-state index is 0. The van der Waals surface area contributed by atoms with Crippen LogP contribution in [-0.2, 0) is 9.39 Å². The van der Waals surface area contributed by atoms with Crippen molar-refractivity contribution in [1.29, 1.82) is 2.67 Å². The second-order valence-electron chi connectivity index (χ2n) is 0.572. The molecule has 2 N–H and O–H groups in total. The van der Waals surface area contributed by atoms with Crippen LogP contribution in [0, 0.1) is 0 Å². The molecule has 0 amide bonds. The average molecular weight is 168 g/mol. The molecule has 0 atom stereocenters. The lowest BCUT2D eigenvalue weighted by Gasteiger charge is -1.90. The Morgan fingerprint density at radius 1 is 1.64 bits per heavy atom. The van der Waals surface area contributed by atoms with Gasteiger partial charge in [0.1, 0.15) is 0 Å². The monoisotopic (exact) mass is 168 g/mol. The molecule has 11 heavy (non-hydrogen) atoms. The van der Waals surface area contributed by atoms with Gasteiger partial charge >= 0.3 is 14.2 Å². The van der Waals surface area contributed by atoms with Crippen molar-refractivity contribution in [2.24, 2.45) is 0 Å². The molecule has 5 nitrogen and oxygen atoms in total. The maximum absolute atomic E-state index is 9.82. The van der Waals surface area contributed by atoms with Crippen molar-refractivity contribution >= 4 is 22.2 Å². The molecule has 0 spiro atoms. The first-order valence-corrected chi connectivity index (χ1v) is 1.96. The van der Waals surface area contributed by atoms with Crippen LogP contribution in [0.25, 0.3) is 0 Å². The molecular weight excluding hydrogens is 150 g/mol. The summed E-state index contributed by atoms with van der Waals surface area (Å²) in [6, 6.07) is 0. The summed E-state index contributed by atoms with van der Waals surface area (Å²) in [5, 5.41) is 14.1. The Balaban J connectivity index is -0.0000000581. The topological polar surface area (TPSA) is 76.0 Å². The van der Waals surface area contributed by atoms with E-state index in [1.807, 2.05) is 0 Å². The Morgan fingerprint density at radius 3 is 2.09 bits per heavy atom. The molecule has 0 saturated carbocycles. The van der Waals surface area contributed by atoms with Crippen LogP contribution in [0.1, 0.15) is 7.43 Å². The summed E-state index contributed by atoms with van der Waals surface area (Å²) < 4.78 is 19.7. The van der Waals surface area contributed by atoms with Crippen LogP contribution in [0.4, 0.5) is 4.79 Å². The van der Waals surface area contributed by atoms with Crippen molar-refractivity contribution in [1.82, 2.24) is 0 Å². The van der Waals surface area contributed by atoms with Gasteiger partial charge in [0.15, 0.2) is 0 Å². The highest BCUT2D eigenvalue weighted by Crippen LogP contribution is 1.71. The zero-order chi connectivity index (χ0) is 10.4. The fourth-order valence-electron chi connectivity index (χ4n) is 0.0481. The standard InChI is InChI=1S/C2H4BO3.CH4O.CH4.BH2O/c1-5-2(4)6-3;1-2;;1-2/h3H,1H3;2H,1H3;1H4;1-2H/i3T;;;1T. The minimum atomic E-state index is -0.866. The molecule has 0 bridgehead atoms. The summed E-state index contributed by atoms with van der Waals surface area (Å²) in [6.07, 6.45) is -0.866. The third-order valence-electron chi connectivity index (χ3n) is 0.263. The maximum atomic E-state index is 9.82. The van der Waals surface area contributed by atoms with E-state index in [1.165, 1.54) is 7.11 Å². The maximum Gasteiger partial charge on any atom is 0.489 e. The van der Waals surface area contributed by atoms with Crippen LogP contribution in [-0.4, -0.2) is 49.2 Å². The van der Waals surface area contributed by atoms with Crippen molar-refractivity contribution in [3.63, 3.8) is 0 Å². The highest BCUT2D eigenvalue weighted by Gasteiger charge is 1.88. The molecule has 0 heterocycles. The molecule has 66 valence electrons. The third-order valence-corrected chi connectivity index (χ3v) is 0.263. The van der Waals surface area contributed by atoms with Gasteiger partial charge in [-0.3, -0.25) is 0 Å². The molecular formula is C4H14B2O5. The number of methoxy groups -OCH3 is 1. The van der Waals surface area contributed by atoms with E-state index in [2.05, 4.69) is 9.39 Å². The van der Waals surface area contributed by atoms with E-state index in [0.29, 0.717) is 8.01 Å². The van der Waals surface area contributed by atoms with Crippen LogP contribution >= 0.6 is 0 Å². The van der Waals surface area contributed by atoms with E-state index >= 15 is 0 Å². The molecule has 2 radical (unpaired) electrons. The second-order valence-corrected chi connectivity index (χ2v) is 0.572. The summed E-state index contributed by atoms with van der Waals surface area (Å²) in [4.78, 5) is 9.82. The largest absolute Gasteiger partial charge is 0.512 e. The van der Waals surface area contributed by atoms with Gasteiger partial charge in [0, 0.05) is 9.78 Å². The number of carbonyl (C=O) groups is 1. The molecule has 0 saturated heterocycles. The molecule has 0 rings (SSSR count). The SMILES string of the molecule is C.CO.[3H][B]O.[3H][B]OC(=O)OC. The van der Waals surface area contributed by atoms with E-state index in [9.17, 15) is 4.79 Å². The zero-order valence-corrected chi connectivity index (χ0v) is 5.77. The summed E-state index contributed by atoms with van der Waals surface area (Å²) >= 11 is 0. The normalized spacial score (nSPS) is 6.55. The molecule has 0 aromatic rings. The number of aliphatic hydroxyl groups is 1. The Bertz CT molecular complexity index is 86.9. The van der Waals surface area contributed by atoms with Crippen LogP contribution in [0.3, 0.4) is 0 Å². The average Bonchev–Trinajstić information content (AvgIpc) is 2.10. The number of hydrogen-bond acceptors (Lipinski definition) is 5. The van der Waals surface area contributed by atoms with Crippen molar-refractivity contribution in [2.75, 3.05) is 14.2 Å². The number of hydrogen-bond donors (Lipinski definition) is 2. The Labute approximate surface area is 71.9 Å². The molecule has 0 aliphatic heterocycles. The number of rotatable bonds is 1. The Hall–Kier alpha value is -0.680. The highest BCUT2D eigenvalue weighted by atomic mass is 16.7. The summed E-state index contributed by atoms with van der Waals surface area (Å²) in [6.45, 7) is 0. The van der Waals surface area contributed by atoms with Gasteiger partial charge in [0.05, 0.1) is 7.11 Å². The summed E-state index contributed by atoms with van der Waals surface area (Å²) in [5.74, 6) is 0. The van der Waals surface area contributed by atoms with Crippen LogP contribution in [0.5, 0.6) is 0 Å². The van der Waals surface area contributed by atoms with Crippen LogP contribution in [0.2, 0.25) is 0 Å². The number of carbonyl (C=O) groups excluding carboxylic acids is 1. The molecule has 0 fully saturated rings. The van der Waals surface area contributed by atoms with Gasteiger partial charge in [-0.2, -0.15) is 0 Å². The molecule has 0 unspecified atom stereocenters. The first kappa shape index (κ1) is 12.9. The number of ether oxygens (including phenoxy) is 1. The predicted octanol–water partition coefficient (Wildman–Crippen LogP) is -1.38. The van der Waals surface area contributed by atoms with Crippen molar-refractivity contribution < 1.29 is 24.3 Å². The summed E-state index contributed by atoms with van der Waals surface area (Å²) in [7, 11) is 2.93. The first-order valence-electron chi connectivity index (χ1n) is 3.12. The van der Waals surface area contributed by atoms with Crippen molar-refractivity contribution in [3.8, 4) is 0 Å². The van der Waals surface area contributed by atoms with Gasteiger partial charge in [0.2, 0.25) is 0 Å². The lowest BCUT2D eigenvalue weighted by atomic mass is 10.6. The Morgan fingerprint density at radius 2 is 2.00 bits per heavy atom. The van der Waals surface area contributed by atoms with Crippen molar-refractivity contribution in [2.45, 2.75) is 7.43 Å². The van der Waals surface area contributed by atoms with Gasteiger partial charge in [-0.25, -0.2) is 4.79 Å². The highest BCUT2D eigenvalue weighted by molar-refractivity contribution is 6.04. The molecule has 0 aliphatic rings. The quantitative estimate of drug-likeness (QED) is 0.372. The van der Waals surface area contributed by atoms with E-state index in [0.717, 1.165) is 7.11 Å². The second kappa shape index (κ2) is 34.6. The van der Waals surface area contributed by atoms with E-state index < -0.39 is 6.16 Å². The molecule has 0 aromatic heterocycles. The van der Waals surface area contributed by atoms with Gasteiger partial charge in [-0.15, -0.1) is 0 Å². The van der Waals surface area contributed by atoms with E-state index in [1.54, 1.807) is 0 Å². The van der Waals surface area contributed by atoms with E-state index in [-0.39, 0.29) is 15.4 Å². The van der Waals surface area contributed by atoms with E-state index in [4.69, 9.17) is 12.8 Å². The fourth-order valence-corrected chi connectivity index (χ4v) is 0.0481. The zero-order valence-electron chi connectivity index (χ0n) is 7.77. The lowest BCUT2D eigenvalue weighted by Crippen LogP contribution is -1.99. The third kappa shape index (κ3) is 45.3. The van der Waals surface area contributed by atoms with Crippen molar-refractivity contribution in [3.05, 3.63) is 0 Å². The first-order chi connectivity index (χ1) is 5.72. The van der Waals surface area contributed by atoms with Crippen LogP contribution in [0.15, 0.2) is 0 Å². The van der Waals surface area contributed by atoms with Gasteiger partial charge in [-0.05, 0) is 0 Å². The molecule has 0 aliphatic carbocycles. The van der Waals surface area contributed by atoms with Crippen LogP contribution < -0.4 is 0 Å². The number of aliphatic hydroxyl groups excluding tert-OH is 1. The lowest BCUT2D eigenvalue weighted by molar-refractivity contribution is 0.125. The predicted molar refractivity (Wildman–Crippen MR) is 44.9 cm³/mol. The Kier molecular flexibility index (Phi) is 40.7. The molecule has 0 aromatic carbocycles. The molecule has 7 heteroatoms. The smallest absolute Gasteiger partial charge is 0.489 e. The summed E-state index contributed by atoms with van der Waals surface area (Å²) in [5.41, 5.74) is 0. The van der Waals surface area contributed by atoms with Gasteiger partial charge < -0.3 is 19.5 Å². The van der Waals surface area contributed by atoms with Gasteiger partial charge in [0.25, 0.3) is 8.01 Å². The fraction of sp³-hybridized carbons (Fsp3) is 0.750.